The number of hydrogen-bond donors (Lipinski definition) is 0. The summed E-state index contributed by atoms with van der Waals surface area (Å²) in [5.74, 6) is 6.22. The number of ether oxygens (including phenoxy) is 2. The van der Waals surface area contributed by atoms with Gasteiger partial charge < -0.3 is 9.47 Å². The van der Waals surface area contributed by atoms with E-state index in [1.54, 1.807) is 7.11 Å². The van der Waals surface area contributed by atoms with Gasteiger partial charge >= 0.3 is 0 Å². The predicted molar refractivity (Wildman–Crippen MR) is 47.8 cm³/mol. The lowest BCUT2D eigenvalue weighted by Crippen LogP contribution is -2.03. The number of epoxide rings is 1. The lowest BCUT2D eigenvalue weighted by molar-refractivity contribution is 0.171. The summed E-state index contributed by atoms with van der Waals surface area (Å²) in [4.78, 5) is 0. The summed E-state index contributed by atoms with van der Waals surface area (Å²) in [5.41, 5.74) is 0.0730. The molecule has 0 aromatic rings. The van der Waals surface area contributed by atoms with Gasteiger partial charge in [0.1, 0.15) is 12.2 Å². The average molecular weight is 168 g/mol. The zero-order valence-electron chi connectivity index (χ0n) is 8.18. The fourth-order valence-electron chi connectivity index (χ4n) is 0.849. The van der Waals surface area contributed by atoms with Crippen LogP contribution in [0.25, 0.3) is 0 Å². The van der Waals surface area contributed by atoms with Gasteiger partial charge in [-0.3, -0.25) is 0 Å². The van der Waals surface area contributed by atoms with Gasteiger partial charge in [-0.1, -0.05) is 11.8 Å². The number of methoxy groups -OCH3 is 1. The summed E-state index contributed by atoms with van der Waals surface area (Å²) in [6, 6.07) is 0. The second kappa shape index (κ2) is 3.47. The molecule has 0 saturated carbocycles. The molecule has 0 amide bonds. The van der Waals surface area contributed by atoms with E-state index in [0.29, 0.717) is 6.61 Å². The van der Waals surface area contributed by atoms with Crippen molar-refractivity contribution in [2.45, 2.75) is 33.0 Å². The molecule has 0 aromatic carbocycles. The molecule has 0 aromatic heterocycles. The van der Waals surface area contributed by atoms with Gasteiger partial charge in [0.05, 0.1) is 6.61 Å². The normalized spacial score (nSPS) is 27.7. The molecule has 1 heterocycles. The minimum Gasteiger partial charge on any atom is -0.382 e. The van der Waals surface area contributed by atoms with Crippen molar-refractivity contribution in [2.24, 2.45) is 5.41 Å². The molecule has 2 nitrogen and oxygen atoms in total. The van der Waals surface area contributed by atoms with Crippen molar-refractivity contribution in [3.63, 3.8) is 0 Å². The molecule has 1 saturated heterocycles. The molecule has 1 aliphatic heterocycles. The maximum absolute atomic E-state index is 5.25. The van der Waals surface area contributed by atoms with Crippen LogP contribution in [0, 0.1) is 17.3 Å². The Morgan fingerprint density at radius 1 is 1.42 bits per heavy atom. The molecule has 0 unspecified atom stereocenters. The first kappa shape index (κ1) is 9.57. The van der Waals surface area contributed by atoms with E-state index >= 15 is 0 Å². The highest BCUT2D eigenvalue weighted by Gasteiger charge is 2.37. The molecule has 1 rings (SSSR count). The molecule has 0 radical (unpaired) electrons. The third-order valence-corrected chi connectivity index (χ3v) is 1.50. The molecule has 0 bridgehead atoms. The van der Waals surface area contributed by atoms with Crippen LogP contribution in [-0.4, -0.2) is 25.9 Å². The minimum atomic E-state index is 0.0730. The fraction of sp³-hybridized carbons (Fsp3) is 0.800. The van der Waals surface area contributed by atoms with E-state index in [4.69, 9.17) is 9.47 Å². The lowest BCUT2D eigenvalue weighted by Gasteiger charge is -2.06. The number of rotatable bonds is 2. The predicted octanol–water partition coefficient (Wildman–Crippen LogP) is 1.45. The Kier molecular flexibility index (Phi) is 2.76. The highest BCUT2D eigenvalue weighted by molar-refractivity contribution is 5.17. The smallest absolute Gasteiger partial charge is 0.147 e. The van der Waals surface area contributed by atoms with E-state index in [2.05, 4.69) is 32.6 Å². The summed E-state index contributed by atoms with van der Waals surface area (Å²) in [7, 11) is 1.68. The van der Waals surface area contributed by atoms with E-state index < -0.39 is 0 Å². The van der Waals surface area contributed by atoms with Crippen LogP contribution in [0.15, 0.2) is 0 Å². The monoisotopic (exact) mass is 168 g/mol. The maximum Gasteiger partial charge on any atom is 0.147 e. The Bertz CT molecular complexity index is 204. The largest absolute Gasteiger partial charge is 0.382 e. The molecule has 2 heteroatoms. The first-order valence-electron chi connectivity index (χ1n) is 4.20. The first-order valence-corrected chi connectivity index (χ1v) is 4.20. The van der Waals surface area contributed by atoms with Gasteiger partial charge in [-0.15, -0.1) is 0 Å². The standard InChI is InChI=1S/C10H16O2/c1-10(2,3)6-5-8-9(12-8)7-11-4/h8-9H,7H2,1-4H3/t8-,9+/m1/s1. The molecular formula is C10H16O2. The second-order valence-corrected chi connectivity index (χ2v) is 4.07. The van der Waals surface area contributed by atoms with Crippen LogP contribution in [0.3, 0.4) is 0 Å². The summed E-state index contributed by atoms with van der Waals surface area (Å²) >= 11 is 0. The van der Waals surface area contributed by atoms with Crippen LogP contribution in [-0.2, 0) is 9.47 Å². The van der Waals surface area contributed by atoms with Gasteiger partial charge in [0.25, 0.3) is 0 Å². The Labute approximate surface area is 74.2 Å². The van der Waals surface area contributed by atoms with Crippen LogP contribution in [0.5, 0.6) is 0 Å². The highest BCUT2D eigenvalue weighted by atomic mass is 16.6. The highest BCUT2D eigenvalue weighted by Crippen LogP contribution is 2.22. The molecule has 0 N–H and O–H groups in total. The molecule has 1 fully saturated rings. The van der Waals surface area contributed by atoms with Gasteiger partial charge in [0.2, 0.25) is 0 Å². The van der Waals surface area contributed by atoms with Crippen LogP contribution in [0.1, 0.15) is 20.8 Å². The van der Waals surface area contributed by atoms with Gasteiger partial charge in [-0.05, 0) is 20.8 Å². The topological polar surface area (TPSA) is 21.8 Å². The summed E-state index contributed by atoms with van der Waals surface area (Å²) < 4.78 is 10.2. The molecule has 0 aliphatic carbocycles. The van der Waals surface area contributed by atoms with E-state index in [0.717, 1.165) is 0 Å². The Balaban J connectivity index is 2.30. The zero-order valence-corrected chi connectivity index (χ0v) is 8.18. The molecular weight excluding hydrogens is 152 g/mol. The quantitative estimate of drug-likeness (QED) is 0.460. The Hall–Kier alpha value is -0.520. The summed E-state index contributed by atoms with van der Waals surface area (Å²) in [6.07, 6.45) is 0.328. The van der Waals surface area contributed by atoms with Gasteiger partial charge in [0, 0.05) is 12.5 Å². The van der Waals surface area contributed by atoms with Crippen molar-refractivity contribution >= 4 is 0 Å². The molecule has 0 spiro atoms. The summed E-state index contributed by atoms with van der Waals surface area (Å²) in [6.45, 7) is 6.93. The van der Waals surface area contributed by atoms with Crippen molar-refractivity contribution < 1.29 is 9.47 Å². The number of hydrogen-bond acceptors (Lipinski definition) is 2. The van der Waals surface area contributed by atoms with Crippen molar-refractivity contribution in [1.29, 1.82) is 0 Å². The SMILES string of the molecule is COC[C@@H]1O[C@@H]1C#CC(C)(C)C. The molecule has 1 aliphatic rings. The van der Waals surface area contributed by atoms with Crippen LogP contribution >= 0.6 is 0 Å². The first-order chi connectivity index (χ1) is 5.53. The molecule has 2 atom stereocenters. The van der Waals surface area contributed by atoms with Crippen molar-refractivity contribution in [3.8, 4) is 11.8 Å². The third-order valence-electron chi connectivity index (χ3n) is 1.50. The van der Waals surface area contributed by atoms with E-state index in [1.807, 2.05) is 0 Å². The minimum absolute atomic E-state index is 0.0730. The van der Waals surface area contributed by atoms with Crippen LogP contribution < -0.4 is 0 Å². The van der Waals surface area contributed by atoms with Crippen molar-refractivity contribution in [2.75, 3.05) is 13.7 Å². The van der Waals surface area contributed by atoms with E-state index in [1.165, 1.54) is 0 Å². The lowest BCUT2D eigenvalue weighted by atomic mass is 9.98. The van der Waals surface area contributed by atoms with Crippen LogP contribution in [0.2, 0.25) is 0 Å². The Morgan fingerprint density at radius 2 is 2.08 bits per heavy atom. The summed E-state index contributed by atoms with van der Waals surface area (Å²) in [5, 5.41) is 0. The van der Waals surface area contributed by atoms with Crippen molar-refractivity contribution in [1.82, 2.24) is 0 Å². The molecule has 12 heavy (non-hydrogen) atoms. The third kappa shape index (κ3) is 3.25. The van der Waals surface area contributed by atoms with E-state index in [-0.39, 0.29) is 17.6 Å². The maximum atomic E-state index is 5.25. The average Bonchev–Trinajstić information content (AvgIpc) is 2.63. The van der Waals surface area contributed by atoms with Gasteiger partial charge in [0.15, 0.2) is 0 Å². The van der Waals surface area contributed by atoms with E-state index in [9.17, 15) is 0 Å². The van der Waals surface area contributed by atoms with Crippen molar-refractivity contribution in [3.05, 3.63) is 0 Å². The van der Waals surface area contributed by atoms with Gasteiger partial charge in [-0.2, -0.15) is 0 Å². The Morgan fingerprint density at radius 3 is 2.58 bits per heavy atom. The second-order valence-electron chi connectivity index (χ2n) is 4.07. The van der Waals surface area contributed by atoms with Gasteiger partial charge in [-0.25, -0.2) is 0 Å². The fourth-order valence-corrected chi connectivity index (χ4v) is 0.849. The zero-order chi connectivity index (χ0) is 9.19. The molecule has 68 valence electrons. The van der Waals surface area contributed by atoms with Crippen LogP contribution in [0.4, 0.5) is 0 Å².